The Morgan fingerprint density at radius 3 is 2.26 bits per heavy atom. The molecule has 3 aliphatic heterocycles. The fourth-order valence-electron chi connectivity index (χ4n) is 6.30. The minimum Gasteiger partial charge on any atom is -0.286 e. The summed E-state index contributed by atoms with van der Waals surface area (Å²) < 4.78 is 0. The maximum Gasteiger partial charge on any atom is 0.239 e. The predicted molar refractivity (Wildman–Crippen MR) is 122 cm³/mol. The van der Waals surface area contributed by atoms with E-state index in [-0.39, 0.29) is 35.6 Å². The van der Waals surface area contributed by atoms with Crippen LogP contribution in [0.3, 0.4) is 0 Å². The molecule has 2 aromatic rings. The Balaban J connectivity index is 1.62. The van der Waals surface area contributed by atoms with Crippen molar-refractivity contribution < 1.29 is 9.59 Å². The van der Waals surface area contributed by atoms with Gasteiger partial charge in [0, 0.05) is 24.0 Å². The van der Waals surface area contributed by atoms with Crippen LogP contribution in [0, 0.1) is 17.8 Å². The van der Waals surface area contributed by atoms with E-state index in [1.54, 1.807) is 0 Å². The minimum atomic E-state index is -0.525. The molecule has 3 heterocycles. The van der Waals surface area contributed by atoms with Crippen molar-refractivity contribution >= 4 is 17.5 Å². The number of anilines is 1. The molecule has 4 nitrogen and oxygen atoms in total. The average molecular weight is 413 g/mol. The van der Waals surface area contributed by atoms with Gasteiger partial charge in [-0.05, 0) is 38.0 Å². The first-order valence-corrected chi connectivity index (χ1v) is 11.0. The average Bonchev–Trinajstić information content (AvgIpc) is 3.03. The van der Waals surface area contributed by atoms with Crippen LogP contribution in [0.25, 0.3) is 0 Å². The predicted octanol–water partition coefficient (Wildman–Crippen LogP) is 4.59. The number of hydrogen-bond acceptors (Lipinski definition) is 3. The zero-order valence-corrected chi connectivity index (χ0v) is 18.1. The summed E-state index contributed by atoms with van der Waals surface area (Å²) in [4.78, 5) is 31.3. The van der Waals surface area contributed by atoms with E-state index in [1.165, 1.54) is 16.0 Å². The Morgan fingerprint density at radius 2 is 1.61 bits per heavy atom. The minimum absolute atomic E-state index is 0.0127. The van der Waals surface area contributed by atoms with E-state index in [4.69, 9.17) is 0 Å². The highest BCUT2D eigenvalue weighted by Gasteiger charge is 2.67. The van der Waals surface area contributed by atoms with Gasteiger partial charge in [-0.3, -0.25) is 14.5 Å². The molecule has 0 radical (unpaired) electrons. The molecule has 5 atom stereocenters. The molecular formula is C27H28N2O2. The largest absolute Gasteiger partial charge is 0.286 e. The van der Waals surface area contributed by atoms with Gasteiger partial charge in [-0.1, -0.05) is 66.3 Å². The number of hydrogen-bond donors (Lipinski definition) is 0. The summed E-state index contributed by atoms with van der Waals surface area (Å²) in [5.41, 5.74) is 2.58. The molecule has 2 amide bonds. The second kappa shape index (κ2) is 7.31. The maximum atomic E-state index is 13.7. The maximum absolute atomic E-state index is 13.7. The summed E-state index contributed by atoms with van der Waals surface area (Å²) in [6.07, 6.45) is 4.99. The number of amides is 2. The number of fused-ring (bicyclic) bond motifs is 1. The molecule has 1 aliphatic carbocycles. The summed E-state index contributed by atoms with van der Waals surface area (Å²) in [5, 5.41) is 0. The van der Waals surface area contributed by atoms with E-state index in [1.807, 2.05) is 54.6 Å². The SMILES string of the molecule is C=CCC1[C@@H]2C(C)=C[C@@](C)([C@H]3C(=O)N(c4ccccc4)C(=O)[C@@H]23)N1Cc1ccccc1. The highest BCUT2D eigenvalue weighted by molar-refractivity contribution is 6.23. The zero-order valence-electron chi connectivity index (χ0n) is 18.1. The number of nitrogens with zero attached hydrogens (tertiary/aromatic N) is 2. The number of imide groups is 1. The van der Waals surface area contributed by atoms with Crippen LogP contribution in [0.4, 0.5) is 5.69 Å². The Labute approximate surface area is 183 Å². The molecule has 158 valence electrons. The van der Waals surface area contributed by atoms with Gasteiger partial charge in [0.2, 0.25) is 11.8 Å². The summed E-state index contributed by atoms with van der Waals surface area (Å²) >= 11 is 0. The van der Waals surface area contributed by atoms with Gasteiger partial charge < -0.3 is 0 Å². The van der Waals surface area contributed by atoms with E-state index in [2.05, 4.69) is 43.5 Å². The molecule has 4 aliphatic rings. The van der Waals surface area contributed by atoms with Crippen molar-refractivity contribution in [3.63, 3.8) is 0 Å². The van der Waals surface area contributed by atoms with Gasteiger partial charge in [0.05, 0.1) is 17.5 Å². The van der Waals surface area contributed by atoms with Crippen molar-refractivity contribution in [2.75, 3.05) is 4.90 Å². The van der Waals surface area contributed by atoms with Crippen LogP contribution in [0.15, 0.2) is 85.0 Å². The second-order valence-corrected chi connectivity index (χ2v) is 9.20. The molecule has 2 aromatic carbocycles. The number of para-hydroxylation sites is 1. The molecule has 0 spiro atoms. The lowest BCUT2D eigenvalue weighted by Gasteiger charge is -2.60. The lowest BCUT2D eigenvalue weighted by molar-refractivity contribution is -0.140. The van der Waals surface area contributed by atoms with E-state index < -0.39 is 5.54 Å². The van der Waals surface area contributed by atoms with Gasteiger partial charge in [-0.25, -0.2) is 4.90 Å². The highest BCUT2D eigenvalue weighted by Crippen LogP contribution is 2.57. The van der Waals surface area contributed by atoms with Gasteiger partial charge in [0.25, 0.3) is 0 Å². The molecule has 0 aromatic heterocycles. The van der Waals surface area contributed by atoms with Crippen molar-refractivity contribution in [1.82, 2.24) is 4.90 Å². The molecule has 0 N–H and O–H groups in total. The van der Waals surface area contributed by atoms with Gasteiger partial charge in [0.15, 0.2) is 0 Å². The molecule has 2 bridgehead atoms. The molecule has 2 saturated heterocycles. The molecule has 1 unspecified atom stereocenters. The zero-order chi connectivity index (χ0) is 21.8. The first kappa shape index (κ1) is 20.0. The molecule has 4 heteroatoms. The number of carbonyl (C=O) groups is 2. The van der Waals surface area contributed by atoms with Gasteiger partial charge in [0.1, 0.15) is 0 Å². The van der Waals surface area contributed by atoms with Gasteiger partial charge in [-0.2, -0.15) is 0 Å². The quantitative estimate of drug-likeness (QED) is 0.533. The van der Waals surface area contributed by atoms with Crippen LogP contribution >= 0.6 is 0 Å². The Hall–Kier alpha value is -2.98. The van der Waals surface area contributed by atoms with Gasteiger partial charge >= 0.3 is 0 Å². The fraction of sp³-hybridized carbons (Fsp3) is 0.333. The van der Waals surface area contributed by atoms with Crippen LogP contribution < -0.4 is 4.90 Å². The number of benzene rings is 2. The third kappa shape index (κ3) is 2.85. The Bertz CT molecular complexity index is 1060. The second-order valence-electron chi connectivity index (χ2n) is 9.20. The fourth-order valence-corrected chi connectivity index (χ4v) is 6.30. The number of piperidine rings is 1. The molecule has 31 heavy (non-hydrogen) atoms. The lowest BCUT2D eigenvalue weighted by Crippen LogP contribution is -2.68. The van der Waals surface area contributed by atoms with E-state index in [9.17, 15) is 9.59 Å². The van der Waals surface area contributed by atoms with Crippen LogP contribution in [0.1, 0.15) is 25.8 Å². The van der Waals surface area contributed by atoms with Crippen molar-refractivity contribution in [2.24, 2.45) is 17.8 Å². The molecule has 2 fully saturated rings. The third-order valence-electron chi connectivity index (χ3n) is 7.47. The standard InChI is InChI=1S/C27H28N2O2/c1-4-11-21-22-18(2)16-27(3,28(21)17-19-12-7-5-8-13-19)24-23(22)25(30)29(26(24)31)20-14-9-6-10-15-20/h4-10,12-16,21-24H,1,11,17H2,2-3H3/t21?,22-,23-,24+,27-/m0/s1. The first-order chi connectivity index (χ1) is 15.0. The van der Waals surface area contributed by atoms with Crippen molar-refractivity contribution in [2.45, 2.75) is 38.4 Å². The topological polar surface area (TPSA) is 40.6 Å². The van der Waals surface area contributed by atoms with Crippen molar-refractivity contribution in [3.8, 4) is 0 Å². The number of rotatable bonds is 5. The number of carbonyl (C=O) groups excluding carboxylic acids is 2. The smallest absolute Gasteiger partial charge is 0.239 e. The summed E-state index contributed by atoms with van der Waals surface area (Å²) in [7, 11) is 0. The van der Waals surface area contributed by atoms with Crippen LogP contribution in [0.2, 0.25) is 0 Å². The van der Waals surface area contributed by atoms with E-state index in [0.29, 0.717) is 5.69 Å². The molecule has 0 saturated carbocycles. The van der Waals surface area contributed by atoms with Crippen LogP contribution in [-0.4, -0.2) is 28.3 Å². The van der Waals surface area contributed by atoms with Crippen LogP contribution in [0.5, 0.6) is 0 Å². The normalized spacial score (nSPS) is 32.2. The Kier molecular flexibility index (Phi) is 4.71. The van der Waals surface area contributed by atoms with Crippen LogP contribution in [-0.2, 0) is 16.1 Å². The molecular weight excluding hydrogens is 384 g/mol. The third-order valence-corrected chi connectivity index (χ3v) is 7.47. The summed E-state index contributed by atoms with van der Waals surface area (Å²) in [6, 6.07) is 19.9. The first-order valence-electron chi connectivity index (χ1n) is 11.0. The Morgan fingerprint density at radius 1 is 0.968 bits per heavy atom. The van der Waals surface area contributed by atoms with E-state index in [0.717, 1.165) is 13.0 Å². The summed E-state index contributed by atoms with van der Waals surface area (Å²) in [5.74, 6) is -0.817. The van der Waals surface area contributed by atoms with E-state index >= 15 is 0 Å². The molecule has 6 rings (SSSR count). The van der Waals surface area contributed by atoms with Gasteiger partial charge in [-0.15, -0.1) is 6.58 Å². The summed E-state index contributed by atoms with van der Waals surface area (Å²) in [6.45, 7) is 9.01. The van der Waals surface area contributed by atoms with Crippen molar-refractivity contribution in [3.05, 3.63) is 90.5 Å². The lowest BCUT2D eigenvalue weighted by atomic mass is 9.57. The monoisotopic (exact) mass is 412 g/mol. The highest BCUT2D eigenvalue weighted by atomic mass is 16.2. The van der Waals surface area contributed by atoms with Crippen molar-refractivity contribution in [1.29, 1.82) is 0 Å².